The molecule has 1 heterocycles. The van der Waals surface area contributed by atoms with Gasteiger partial charge in [0.05, 0.1) is 18.1 Å². The van der Waals surface area contributed by atoms with Crippen LogP contribution in [0.15, 0.2) is 24.3 Å². The Morgan fingerprint density at radius 2 is 1.76 bits per heavy atom. The fraction of sp³-hybridized carbons (Fsp3) is 0.455. The second-order valence-corrected chi connectivity index (χ2v) is 6.29. The van der Waals surface area contributed by atoms with Gasteiger partial charge in [0.15, 0.2) is 0 Å². The van der Waals surface area contributed by atoms with Crippen molar-refractivity contribution in [3.63, 3.8) is 0 Å². The summed E-state index contributed by atoms with van der Waals surface area (Å²) in [5.74, 6) is 0. The summed E-state index contributed by atoms with van der Waals surface area (Å²) >= 11 is 0. The fourth-order valence-electron chi connectivity index (χ4n) is 1.39. The van der Waals surface area contributed by atoms with Crippen molar-refractivity contribution in [1.29, 1.82) is 0 Å². The maximum absolute atomic E-state index is 10.5. The molecule has 0 amide bonds. The molecular weight excluding hydrogens is 241 g/mol. The zero-order valence-electron chi connectivity index (χ0n) is 9.75. The lowest BCUT2D eigenvalue weighted by Crippen LogP contribution is -2.30. The standard InChI is InChI=1S/C11H14NO4P/c1-11(2)7-15-17(16-8-11)10-5-3-9(4-6-10)12(13)14/h3-6H,7-8H2,1-2H3. The van der Waals surface area contributed by atoms with Gasteiger partial charge in [0.1, 0.15) is 0 Å². The van der Waals surface area contributed by atoms with E-state index in [1.54, 1.807) is 12.1 Å². The summed E-state index contributed by atoms with van der Waals surface area (Å²) in [6.07, 6.45) is 0. The maximum Gasteiger partial charge on any atom is 0.269 e. The molecule has 0 atom stereocenters. The molecule has 2 rings (SSSR count). The van der Waals surface area contributed by atoms with Gasteiger partial charge in [-0.05, 0) is 12.1 Å². The Bertz CT molecular complexity index is 408. The number of non-ortho nitro benzene ring substituents is 1. The molecule has 1 aliphatic rings. The van der Waals surface area contributed by atoms with E-state index in [1.165, 1.54) is 12.1 Å². The van der Waals surface area contributed by atoms with Crippen LogP contribution in [0.25, 0.3) is 0 Å². The molecule has 0 unspecified atom stereocenters. The first-order chi connectivity index (χ1) is 7.98. The number of hydrogen-bond acceptors (Lipinski definition) is 4. The monoisotopic (exact) mass is 255 g/mol. The first-order valence-corrected chi connectivity index (χ1v) is 6.46. The minimum Gasteiger partial charge on any atom is -0.330 e. The number of nitrogens with zero attached hydrogens (tertiary/aromatic N) is 1. The quantitative estimate of drug-likeness (QED) is 0.463. The molecule has 6 heteroatoms. The second-order valence-electron chi connectivity index (χ2n) is 4.74. The molecule has 1 aromatic carbocycles. The third-order valence-corrected chi connectivity index (χ3v) is 3.86. The van der Waals surface area contributed by atoms with Crippen molar-refractivity contribution in [1.82, 2.24) is 0 Å². The second kappa shape index (κ2) is 4.69. The van der Waals surface area contributed by atoms with E-state index in [4.69, 9.17) is 9.05 Å². The van der Waals surface area contributed by atoms with Gasteiger partial charge in [-0.1, -0.05) is 13.8 Å². The van der Waals surface area contributed by atoms with E-state index in [1.807, 2.05) is 0 Å². The van der Waals surface area contributed by atoms with Gasteiger partial charge in [-0.15, -0.1) is 0 Å². The average Bonchev–Trinajstić information content (AvgIpc) is 2.29. The molecule has 17 heavy (non-hydrogen) atoms. The molecule has 92 valence electrons. The van der Waals surface area contributed by atoms with E-state index in [-0.39, 0.29) is 11.1 Å². The van der Waals surface area contributed by atoms with Crippen LogP contribution in [0.3, 0.4) is 0 Å². The van der Waals surface area contributed by atoms with Crippen LogP contribution >= 0.6 is 8.38 Å². The lowest BCUT2D eigenvalue weighted by molar-refractivity contribution is -0.384. The molecular formula is C11H14NO4P. The zero-order valence-corrected chi connectivity index (χ0v) is 10.6. The van der Waals surface area contributed by atoms with Gasteiger partial charge in [-0.2, -0.15) is 0 Å². The molecule has 1 saturated heterocycles. The molecule has 0 radical (unpaired) electrons. The number of rotatable bonds is 2. The van der Waals surface area contributed by atoms with Gasteiger partial charge in [0.25, 0.3) is 5.69 Å². The van der Waals surface area contributed by atoms with Gasteiger partial charge in [-0.3, -0.25) is 10.1 Å². The predicted molar refractivity (Wildman–Crippen MR) is 65.3 cm³/mol. The van der Waals surface area contributed by atoms with Gasteiger partial charge in [-0.25, -0.2) is 0 Å². The third-order valence-electron chi connectivity index (χ3n) is 2.42. The maximum atomic E-state index is 10.5. The van der Waals surface area contributed by atoms with Crippen molar-refractivity contribution >= 4 is 19.4 Å². The normalized spacial score (nSPS) is 20.1. The van der Waals surface area contributed by atoms with Crippen molar-refractivity contribution in [2.45, 2.75) is 13.8 Å². The van der Waals surface area contributed by atoms with Crippen LogP contribution in [-0.4, -0.2) is 18.1 Å². The van der Waals surface area contributed by atoms with Crippen LogP contribution in [-0.2, 0) is 9.05 Å². The largest absolute Gasteiger partial charge is 0.330 e. The first kappa shape index (κ1) is 12.4. The highest BCUT2D eigenvalue weighted by atomic mass is 31.2. The molecule has 0 aromatic heterocycles. The number of nitro groups is 1. The van der Waals surface area contributed by atoms with E-state index < -0.39 is 13.3 Å². The summed E-state index contributed by atoms with van der Waals surface area (Å²) in [7, 11) is -1.08. The minimum atomic E-state index is -1.08. The Labute approximate surface area is 101 Å². The highest BCUT2D eigenvalue weighted by Crippen LogP contribution is 2.44. The minimum absolute atomic E-state index is 0.0413. The van der Waals surface area contributed by atoms with Crippen LogP contribution in [0.1, 0.15) is 13.8 Å². The Hall–Kier alpha value is -1.03. The molecule has 0 bridgehead atoms. The van der Waals surface area contributed by atoms with Gasteiger partial charge in [0, 0.05) is 22.9 Å². The van der Waals surface area contributed by atoms with E-state index in [9.17, 15) is 10.1 Å². The van der Waals surface area contributed by atoms with Crippen LogP contribution in [0.2, 0.25) is 0 Å². The molecule has 0 spiro atoms. The Balaban J connectivity index is 2.06. The van der Waals surface area contributed by atoms with Crippen molar-refractivity contribution in [3.05, 3.63) is 34.4 Å². The highest BCUT2D eigenvalue weighted by Gasteiger charge is 2.30. The number of nitro benzene ring substituents is 1. The van der Waals surface area contributed by atoms with E-state index in [0.29, 0.717) is 13.2 Å². The van der Waals surface area contributed by atoms with E-state index in [2.05, 4.69) is 13.8 Å². The summed E-state index contributed by atoms with van der Waals surface area (Å²) in [5, 5.41) is 11.4. The highest BCUT2D eigenvalue weighted by molar-refractivity contribution is 7.56. The van der Waals surface area contributed by atoms with E-state index in [0.717, 1.165) is 5.30 Å². The van der Waals surface area contributed by atoms with Crippen molar-refractivity contribution < 1.29 is 14.0 Å². The molecule has 1 aliphatic heterocycles. The van der Waals surface area contributed by atoms with Crippen LogP contribution in [0.5, 0.6) is 0 Å². The lowest BCUT2D eigenvalue weighted by Gasteiger charge is -2.33. The van der Waals surface area contributed by atoms with Crippen LogP contribution in [0.4, 0.5) is 5.69 Å². The Morgan fingerprint density at radius 3 is 2.24 bits per heavy atom. The van der Waals surface area contributed by atoms with Gasteiger partial charge < -0.3 is 9.05 Å². The Morgan fingerprint density at radius 1 is 1.24 bits per heavy atom. The summed E-state index contributed by atoms with van der Waals surface area (Å²) in [4.78, 5) is 10.1. The smallest absolute Gasteiger partial charge is 0.269 e. The van der Waals surface area contributed by atoms with Crippen molar-refractivity contribution in [3.8, 4) is 0 Å². The lowest BCUT2D eigenvalue weighted by atomic mass is 9.97. The van der Waals surface area contributed by atoms with Crippen LogP contribution < -0.4 is 5.30 Å². The van der Waals surface area contributed by atoms with Gasteiger partial charge in [0.2, 0.25) is 8.38 Å². The fourth-order valence-corrected chi connectivity index (χ4v) is 3.09. The summed E-state index contributed by atoms with van der Waals surface area (Å²) in [6.45, 7) is 5.45. The van der Waals surface area contributed by atoms with E-state index >= 15 is 0 Å². The summed E-state index contributed by atoms with van der Waals surface area (Å²) < 4.78 is 11.3. The molecule has 5 nitrogen and oxygen atoms in total. The zero-order chi connectivity index (χ0) is 12.5. The van der Waals surface area contributed by atoms with Crippen molar-refractivity contribution in [2.75, 3.05) is 13.2 Å². The third kappa shape index (κ3) is 3.00. The molecule has 0 N–H and O–H groups in total. The SMILES string of the molecule is CC1(C)COP(c2ccc([N+](=O)[O-])cc2)OC1. The van der Waals surface area contributed by atoms with Crippen molar-refractivity contribution in [2.24, 2.45) is 5.41 Å². The summed E-state index contributed by atoms with van der Waals surface area (Å²) in [5.41, 5.74) is 0.126. The van der Waals surface area contributed by atoms with Crippen LogP contribution in [0, 0.1) is 15.5 Å². The Kier molecular flexibility index (Phi) is 3.43. The number of hydrogen-bond donors (Lipinski definition) is 0. The predicted octanol–water partition coefficient (Wildman–Crippen LogP) is 2.61. The molecule has 0 aliphatic carbocycles. The molecule has 0 saturated carbocycles. The first-order valence-electron chi connectivity index (χ1n) is 5.28. The van der Waals surface area contributed by atoms with Gasteiger partial charge >= 0.3 is 0 Å². The number of benzene rings is 1. The average molecular weight is 255 g/mol. The topological polar surface area (TPSA) is 61.6 Å². The summed E-state index contributed by atoms with van der Waals surface area (Å²) in [6, 6.07) is 6.35. The molecule has 1 fully saturated rings. The molecule has 1 aromatic rings.